The molecule has 0 amide bonds. The molecule has 1 aromatic heterocycles. The molecule has 0 saturated carbocycles. The standard InChI is InChI=1S/C13H22ClN3O2/c1-5-9-12(14)11(17(7-3)15-9)8-16(4)10(6-2)13(18)19/h10H,5-8H2,1-4H3,(H,18,19). The molecule has 108 valence electrons. The van der Waals surface area contributed by atoms with Crippen molar-refractivity contribution >= 4 is 17.6 Å². The number of aromatic nitrogens is 2. The van der Waals surface area contributed by atoms with Gasteiger partial charge in [0.1, 0.15) is 6.04 Å². The minimum Gasteiger partial charge on any atom is -0.480 e. The summed E-state index contributed by atoms with van der Waals surface area (Å²) < 4.78 is 1.85. The summed E-state index contributed by atoms with van der Waals surface area (Å²) in [4.78, 5) is 13.0. The molecule has 0 fully saturated rings. The molecule has 19 heavy (non-hydrogen) atoms. The van der Waals surface area contributed by atoms with Crippen LogP contribution in [0, 0.1) is 0 Å². The van der Waals surface area contributed by atoms with Crippen LogP contribution in [0.15, 0.2) is 0 Å². The molecule has 0 aliphatic heterocycles. The molecule has 6 heteroatoms. The highest BCUT2D eigenvalue weighted by Crippen LogP contribution is 2.23. The van der Waals surface area contributed by atoms with Crippen molar-refractivity contribution in [3.8, 4) is 0 Å². The molecule has 0 aliphatic carbocycles. The van der Waals surface area contributed by atoms with Gasteiger partial charge < -0.3 is 5.11 Å². The van der Waals surface area contributed by atoms with Crippen LogP contribution in [0.1, 0.15) is 38.6 Å². The summed E-state index contributed by atoms with van der Waals surface area (Å²) in [6, 6.07) is -0.499. The topological polar surface area (TPSA) is 58.4 Å². The van der Waals surface area contributed by atoms with Crippen LogP contribution in [0.25, 0.3) is 0 Å². The van der Waals surface area contributed by atoms with Gasteiger partial charge in [0.25, 0.3) is 0 Å². The summed E-state index contributed by atoms with van der Waals surface area (Å²) >= 11 is 6.32. The van der Waals surface area contributed by atoms with Crippen LogP contribution < -0.4 is 0 Å². The highest BCUT2D eigenvalue weighted by molar-refractivity contribution is 6.31. The summed E-state index contributed by atoms with van der Waals surface area (Å²) in [6.07, 6.45) is 1.34. The Morgan fingerprint density at radius 2 is 2.11 bits per heavy atom. The zero-order valence-corrected chi connectivity index (χ0v) is 12.7. The number of aliphatic carboxylic acids is 1. The van der Waals surface area contributed by atoms with E-state index in [9.17, 15) is 9.90 Å². The third-order valence-corrected chi connectivity index (χ3v) is 3.73. The Morgan fingerprint density at radius 1 is 1.47 bits per heavy atom. The lowest BCUT2D eigenvalue weighted by atomic mass is 10.2. The average Bonchev–Trinajstić information content (AvgIpc) is 2.66. The maximum Gasteiger partial charge on any atom is 0.320 e. The predicted octanol–water partition coefficient (Wildman–Crippen LogP) is 2.41. The van der Waals surface area contributed by atoms with Gasteiger partial charge in [0.15, 0.2) is 0 Å². The van der Waals surface area contributed by atoms with Gasteiger partial charge >= 0.3 is 5.97 Å². The molecule has 0 saturated heterocycles. The van der Waals surface area contributed by atoms with E-state index in [0.29, 0.717) is 18.0 Å². The lowest BCUT2D eigenvalue weighted by Crippen LogP contribution is -2.37. The molecule has 1 atom stereocenters. The van der Waals surface area contributed by atoms with Crippen molar-refractivity contribution < 1.29 is 9.90 Å². The van der Waals surface area contributed by atoms with E-state index >= 15 is 0 Å². The zero-order valence-electron chi connectivity index (χ0n) is 12.0. The van der Waals surface area contributed by atoms with Gasteiger partial charge in [-0.2, -0.15) is 5.10 Å². The van der Waals surface area contributed by atoms with E-state index in [1.165, 1.54) is 0 Å². The van der Waals surface area contributed by atoms with Crippen LogP contribution in [0.2, 0.25) is 5.02 Å². The fourth-order valence-electron chi connectivity index (χ4n) is 2.19. The summed E-state index contributed by atoms with van der Waals surface area (Å²) in [5.74, 6) is -0.806. The Hall–Kier alpha value is -1.07. The second-order valence-electron chi connectivity index (χ2n) is 4.55. The summed E-state index contributed by atoms with van der Waals surface area (Å²) in [5.41, 5.74) is 1.76. The van der Waals surface area contributed by atoms with Crippen molar-refractivity contribution in [2.75, 3.05) is 7.05 Å². The maximum atomic E-state index is 11.2. The summed E-state index contributed by atoms with van der Waals surface area (Å²) in [7, 11) is 1.80. The monoisotopic (exact) mass is 287 g/mol. The van der Waals surface area contributed by atoms with Crippen molar-refractivity contribution in [1.29, 1.82) is 0 Å². The first-order chi connectivity index (χ1) is 8.96. The molecule has 1 aromatic rings. The molecule has 1 unspecified atom stereocenters. The number of nitrogens with zero attached hydrogens (tertiary/aromatic N) is 3. The molecule has 1 N–H and O–H groups in total. The second kappa shape index (κ2) is 6.91. The molecule has 1 rings (SSSR count). The highest BCUT2D eigenvalue weighted by Gasteiger charge is 2.23. The first-order valence-corrected chi connectivity index (χ1v) is 7.01. The van der Waals surface area contributed by atoms with Gasteiger partial charge in [0.05, 0.1) is 16.4 Å². The van der Waals surface area contributed by atoms with Crippen LogP contribution in [0.3, 0.4) is 0 Å². The van der Waals surface area contributed by atoms with Gasteiger partial charge in [-0.15, -0.1) is 0 Å². The van der Waals surface area contributed by atoms with Crippen molar-refractivity contribution in [1.82, 2.24) is 14.7 Å². The number of halogens is 1. The Labute approximate surface area is 119 Å². The smallest absolute Gasteiger partial charge is 0.320 e. The lowest BCUT2D eigenvalue weighted by Gasteiger charge is -2.23. The Balaban J connectivity index is 2.98. The van der Waals surface area contributed by atoms with E-state index in [1.54, 1.807) is 11.9 Å². The fraction of sp³-hybridized carbons (Fsp3) is 0.692. The highest BCUT2D eigenvalue weighted by atomic mass is 35.5. The van der Waals surface area contributed by atoms with Gasteiger partial charge in [0.2, 0.25) is 0 Å². The summed E-state index contributed by atoms with van der Waals surface area (Å²) in [6.45, 7) is 7.09. The molecule has 0 aromatic carbocycles. The quantitative estimate of drug-likeness (QED) is 0.837. The third kappa shape index (κ3) is 3.48. The van der Waals surface area contributed by atoms with Gasteiger partial charge in [-0.1, -0.05) is 25.4 Å². The second-order valence-corrected chi connectivity index (χ2v) is 4.93. The van der Waals surface area contributed by atoms with Crippen LogP contribution in [0.5, 0.6) is 0 Å². The van der Waals surface area contributed by atoms with Crippen LogP contribution in [-0.2, 0) is 24.3 Å². The number of rotatable bonds is 7. The number of carboxylic acids is 1. The normalized spacial score (nSPS) is 12.9. The SMILES string of the molecule is CCc1nn(CC)c(CN(C)C(CC)C(=O)O)c1Cl. The van der Waals surface area contributed by atoms with E-state index in [-0.39, 0.29) is 0 Å². The number of carbonyl (C=O) groups is 1. The van der Waals surface area contributed by atoms with Crippen molar-refractivity contribution in [3.63, 3.8) is 0 Å². The van der Waals surface area contributed by atoms with Gasteiger partial charge in [-0.05, 0) is 26.8 Å². The number of hydrogen-bond acceptors (Lipinski definition) is 3. The van der Waals surface area contributed by atoms with Crippen molar-refractivity contribution in [2.45, 2.75) is 52.7 Å². The molecule has 5 nitrogen and oxygen atoms in total. The average molecular weight is 288 g/mol. The number of aryl methyl sites for hydroxylation is 2. The Morgan fingerprint density at radius 3 is 2.53 bits per heavy atom. The lowest BCUT2D eigenvalue weighted by molar-refractivity contribution is -0.143. The first-order valence-electron chi connectivity index (χ1n) is 6.63. The fourth-order valence-corrected chi connectivity index (χ4v) is 2.52. The molecule has 1 heterocycles. The van der Waals surface area contributed by atoms with Gasteiger partial charge in [-0.25, -0.2) is 0 Å². The van der Waals surface area contributed by atoms with Crippen LogP contribution in [0.4, 0.5) is 0 Å². The van der Waals surface area contributed by atoms with E-state index in [2.05, 4.69) is 5.10 Å². The molecule has 0 bridgehead atoms. The number of carboxylic acid groups (broad SMARTS) is 1. The molecule has 0 spiro atoms. The molecular formula is C13H22ClN3O2. The van der Waals surface area contributed by atoms with Gasteiger partial charge in [0, 0.05) is 13.1 Å². The Bertz CT molecular complexity index is 445. The first kappa shape index (κ1) is 16.0. The van der Waals surface area contributed by atoms with E-state index in [0.717, 1.165) is 24.4 Å². The molecular weight excluding hydrogens is 266 g/mol. The third-order valence-electron chi connectivity index (χ3n) is 3.30. The van der Waals surface area contributed by atoms with E-state index in [4.69, 9.17) is 11.6 Å². The maximum absolute atomic E-state index is 11.2. The minimum absolute atomic E-state index is 0.491. The molecule has 0 aliphatic rings. The van der Waals surface area contributed by atoms with Crippen molar-refractivity contribution in [3.05, 3.63) is 16.4 Å². The van der Waals surface area contributed by atoms with Crippen LogP contribution >= 0.6 is 11.6 Å². The largest absolute Gasteiger partial charge is 0.480 e. The van der Waals surface area contributed by atoms with E-state index in [1.807, 2.05) is 25.5 Å². The summed E-state index contributed by atoms with van der Waals surface area (Å²) in [5, 5.41) is 14.3. The number of likely N-dealkylation sites (N-methyl/N-ethyl adjacent to an activating group) is 1. The minimum atomic E-state index is -0.806. The zero-order chi connectivity index (χ0) is 14.6. The van der Waals surface area contributed by atoms with E-state index < -0.39 is 12.0 Å². The van der Waals surface area contributed by atoms with Crippen LogP contribution in [-0.4, -0.2) is 38.8 Å². The molecule has 0 radical (unpaired) electrons. The predicted molar refractivity (Wildman–Crippen MR) is 75.5 cm³/mol. The number of hydrogen-bond donors (Lipinski definition) is 1. The Kier molecular flexibility index (Phi) is 5.82. The van der Waals surface area contributed by atoms with Crippen molar-refractivity contribution in [2.24, 2.45) is 0 Å². The van der Waals surface area contributed by atoms with Gasteiger partial charge in [-0.3, -0.25) is 14.4 Å².